The van der Waals surface area contributed by atoms with Crippen molar-refractivity contribution >= 4 is 17.7 Å². The quantitative estimate of drug-likeness (QED) is 0.832. The maximum Gasteiger partial charge on any atom is 0.354 e. The molecule has 1 aromatic heterocycles. The number of amides is 2. The number of hydrogen-bond acceptors (Lipinski definition) is 4. The van der Waals surface area contributed by atoms with E-state index in [1.54, 1.807) is 4.90 Å². The first-order valence-electron chi connectivity index (χ1n) is 6.76. The van der Waals surface area contributed by atoms with Gasteiger partial charge in [-0.1, -0.05) is 0 Å². The summed E-state index contributed by atoms with van der Waals surface area (Å²) in [7, 11) is 3.91. The van der Waals surface area contributed by atoms with E-state index in [4.69, 9.17) is 5.11 Å². The molecule has 0 radical (unpaired) electrons. The molecule has 0 aliphatic heterocycles. The summed E-state index contributed by atoms with van der Waals surface area (Å²) in [4.78, 5) is 30.5. The van der Waals surface area contributed by atoms with Crippen molar-refractivity contribution in [3.63, 3.8) is 0 Å². The van der Waals surface area contributed by atoms with Crippen LogP contribution >= 0.6 is 0 Å². The van der Waals surface area contributed by atoms with E-state index >= 15 is 0 Å². The van der Waals surface area contributed by atoms with Crippen LogP contribution < -0.4 is 5.32 Å². The summed E-state index contributed by atoms with van der Waals surface area (Å²) in [6, 6.07) is 2.73. The summed E-state index contributed by atoms with van der Waals surface area (Å²) < 4.78 is 0. The van der Waals surface area contributed by atoms with Gasteiger partial charge in [0.15, 0.2) is 0 Å². The van der Waals surface area contributed by atoms with Crippen LogP contribution in [-0.4, -0.2) is 65.1 Å². The van der Waals surface area contributed by atoms with Gasteiger partial charge in [0.05, 0.1) is 11.9 Å². The Kier molecular flexibility index (Phi) is 6.10. The molecule has 116 valence electrons. The van der Waals surface area contributed by atoms with Crippen LogP contribution in [0, 0.1) is 0 Å². The standard InChI is InChI=1S/C14H22N4O3/c1-5-18(10(2)9-17(3)4)14(21)16-11-6-7-12(13(19)20)15-8-11/h6-8,10H,5,9H2,1-4H3,(H,16,21)(H,19,20). The molecule has 0 aromatic carbocycles. The second kappa shape index (κ2) is 7.58. The molecule has 1 atom stereocenters. The number of nitrogens with zero attached hydrogens (tertiary/aromatic N) is 3. The highest BCUT2D eigenvalue weighted by Crippen LogP contribution is 2.09. The minimum absolute atomic E-state index is 0.0543. The zero-order chi connectivity index (χ0) is 16.0. The zero-order valence-corrected chi connectivity index (χ0v) is 12.8. The van der Waals surface area contributed by atoms with Gasteiger partial charge >= 0.3 is 12.0 Å². The molecule has 0 saturated heterocycles. The third-order valence-electron chi connectivity index (χ3n) is 3.00. The summed E-state index contributed by atoms with van der Waals surface area (Å²) >= 11 is 0. The number of pyridine rings is 1. The lowest BCUT2D eigenvalue weighted by atomic mass is 10.2. The fourth-order valence-corrected chi connectivity index (χ4v) is 2.07. The molecule has 1 rings (SSSR count). The molecule has 1 heterocycles. The molecular formula is C14H22N4O3. The molecule has 0 fully saturated rings. The Labute approximate surface area is 124 Å². The zero-order valence-electron chi connectivity index (χ0n) is 12.8. The van der Waals surface area contributed by atoms with Crippen molar-refractivity contribution in [2.45, 2.75) is 19.9 Å². The maximum absolute atomic E-state index is 12.2. The molecule has 0 spiro atoms. The molecule has 1 unspecified atom stereocenters. The van der Waals surface area contributed by atoms with Crippen LogP contribution in [0.4, 0.5) is 10.5 Å². The van der Waals surface area contributed by atoms with E-state index in [-0.39, 0.29) is 17.8 Å². The van der Waals surface area contributed by atoms with Crippen LogP contribution in [-0.2, 0) is 0 Å². The van der Waals surface area contributed by atoms with Crippen molar-refractivity contribution in [3.8, 4) is 0 Å². The van der Waals surface area contributed by atoms with Crippen LogP contribution in [0.5, 0.6) is 0 Å². The summed E-state index contributed by atoms with van der Waals surface area (Å²) in [5.74, 6) is -1.09. The first-order valence-corrected chi connectivity index (χ1v) is 6.76. The largest absolute Gasteiger partial charge is 0.477 e. The van der Waals surface area contributed by atoms with Crippen molar-refractivity contribution in [1.29, 1.82) is 0 Å². The first kappa shape index (κ1) is 16.9. The van der Waals surface area contributed by atoms with Gasteiger partial charge in [-0.15, -0.1) is 0 Å². The maximum atomic E-state index is 12.2. The second-order valence-corrected chi connectivity index (χ2v) is 5.06. The highest BCUT2D eigenvalue weighted by Gasteiger charge is 2.19. The molecule has 0 saturated carbocycles. The van der Waals surface area contributed by atoms with E-state index in [0.29, 0.717) is 12.2 Å². The van der Waals surface area contributed by atoms with E-state index in [1.165, 1.54) is 18.3 Å². The normalized spacial score (nSPS) is 12.0. The Bertz CT molecular complexity index is 487. The Morgan fingerprint density at radius 1 is 1.38 bits per heavy atom. The lowest BCUT2D eigenvalue weighted by Gasteiger charge is -2.30. The molecule has 0 aliphatic carbocycles. The van der Waals surface area contributed by atoms with Gasteiger partial charge in [0.2, 0.25) is 0 Å². The van der Waals surface area contributed by atoms with Crippen molar-refractivity contribution in [2.24, 2.45) is 0 Å². The number of hydrogen-bond donors (Lipinski definition) is 2. The number of aromatic nitrogens is 1. The molecule has 7 heteroatoms. The lowest BCUT2D eigenvalue weighted by Crippen LogP contribution is -2.45. The van der Waals surface area contributed by atoms with Gasteiger partial charge in [0.1, 0.15) is 5.69 Å². The van der Waals surface area contributed by atoms with Crippen molar-refractivity contribution < 1.29 is 14.7 Å². The van der Waals surface area contributed by atoms with Crippen LogP contribution in [0.25, 0.3) is 0 Å². The van der Waals surface area contributed by atoms with Gasteiger partial charge in [0, 0.05) is 19.1 Å². The molecule has 21 heavy (non-hydrogen) atoms. The summed E-state index contributed by atoms with van der Waals surface area (Å²) in [5, 5.41) is 11.5. The number of rotatable bonds is 6. The summed E-state index contributed by atoms with van der Waals surface area (Å²) in [6.45, 7) is 5.24. The fraction of sp³-hybridized carbons (Fsp3) is 0.500. The number of likely N-dealkylation sites (N-methyl/N-ethyl adjacent to an activating group) is 2. The lowest BCUT2D eigenvalue weighted by molar-refractivity contribution is 0.0690. The number of nitrogens with one attached hydrogen (secondary N) is 1. The van der Waals surface area contributed by atoms with Crippen LogP contribution in [0.15, 0.2) is 18.3 Å². The average Bonchev–Trinajstić information content (AvgIpc) is 2.39. The second-order valence-electron chi connectivity index (χ2n) is 5.06. The number of anilines is 1. The summed E-state index contributed by atoms with van der Waals surface area (Å²) in [6.07, 6.45) is 1.34. The van der Waals surface area contributed by atoms with Crippen LogP contribution in [0.2, 0.25) is 0 Å². The number of carbonyl (C=O) groups is 2. The molecule has 1 aromatic rings. The van der Waals surface area contributed by atoms with Gasteiger partial charge in [-0.25, -0.2) is 14.6 Å². The molecule has 2 amide bonds. The van der Waals surface area contributed by atoms with Gasteiger partial charge in [-0.2, -0.15) is 0 Å². The Morgan fingerprint density at radius 3 is 2.48 bits per heavy atom. The van der Waals surface area contributed by atoms with Gasteiger partial charge < -0.3 is 20.2 Å². The molecular weight excluding hydrogens is 272 g/mol. The Morgan fingerprint density at radius 2 is 2.05 bits per heavy atom. The van der Waals surface area contributed by atoms with Crippen LogP contribution in [0.3, 0.4) is 0 Å². The third kappa shape index (κ3) is 5.03. The number of aromatic carboxylic acids is 1. The summed E-state index contributed by atoms with van der Waals surface area (Å²) in [5.41, 5.74) is 0.418. The molecule has 0 bridgehead atoms. The first-order chi connectivity index (χ1) is 9.85. The monoisotopic (exact) mass is 294 g/mol. The predicted molar refractivity (Wildman–Crippen MR) is 80.6 cm³/mol. The third-order valence-corrected chi connectivity index (χ3v) is 3.00. The minimum Gasteiger partial charge on any atom is -0.477 e. The highest BCUT2D eigenvalue weighted by molar-refractivity contribution is 5.90. The van der Waals surface area contributed by atoms with Crippen molar-refractivity contribution in [1.82, 2.24) is 14.8 Å². The molecule has 2 N–H and O–H groups in total. The van der Waals surface area contributed by atoms with Gasteiger partial charge in [-0.3, -0.25) is 0 Å². The van der Waals surface area contributed by atoms with E-state index in [2.05, 4.69) is 10.3 Å². The van der Waals surface area contributed by atoms with Crippen LogP contribution in [0.1, 0.15) is 24.3 Å². The molecule has 7 nitrogen and oxygen atoms in total. The Balaban J connectivity index is 2.71. The van der Waals surface area contributed by atoms with E-state index in [9.17, 15) is 9.59 Å². The van der Waals surface area contributed by atoms with E-state index in [1.807, 2.05) is 32.8 Å². The highest BCUT2D eigenvalue weighted by atomic mass is 16.4. The molecule has 0 aliphatic rings. The topological polar surface area (TPSA) is 85.8 Å². The van der Waals surface area contributed by atoms with E-state index in [0.717, 1.165) is 6.54 Å². The SMILES string of the molecule is CCN(C(=O)Nc1ccc(C(=O)O)nc1)C(C)CN(C)C. The minimum atomic E-state index is -1.09. The fourth-order valence-electron chi connectivity index (χ4n) is 2.07. The number of carboxylic acids is 1. The van der Waals surface area contributed by atoms with Gasteiger partial charge in [0.25, 0.3) is 0 Å². The van der Waals surface area contributed by atoms with Crippen molar-refractivity contribution in [2.75, 3.05) is 32.5 Å². The Hall–Kier alpha value is -2.15. The number of carboxylic acid groups (broad SMARTS) is 1. The van der Waals surface area contributed by atoms with E-state index < -0.39 is 5.97 Å². The number of carbonyl (C=O) groups excluding carboxylic acids is 1. The van der Waals surface area contributed by atoms with Gasteiger partial charge in [-0.05, 0) is 40.1 Å². The average molecular weight is 294 g/mol. The number of urea groups is 1. The smallest absolute Gasteiger partial charge is 0.354 e. The van der Waals surface area contributed by atoms with Crippen molar-refractivity contribution in [3.05, 3.63) is 24.0 Å². The predicted octanol–water partition coefficient (Wildman–Crippen LogP) is 1.58.